The van der Waals surface area contributed by atoms with Crippen LogP contribution in [0.15, 0.2) is 47.7 Å². The van der Waals surface area contributed by atoms with Crippen LogP contribution in [0.25, 0.3) is 0 Å². The molecule has 0 heterocycles. The van der Waals surface area contributed by atoms with Crippen LogP contribution >= 0.6 is 0 Å². The molecule has 2 aliphatic rings. The van der Waals surface area contributed by atoms with Crippen LogP contribution in [-0.2, 0) is 4.74 Å². The molecule has 7 heteroatoms. The average molecular weight is 415 g/mol. The Hall–Kier alpha value is -2.51. The minimum atomic E-state index is -0.542. The van der Waals surface area contributed by atoms with E-state index in [1.807, 2.05) is 51.1 Å². The van der Waals surface area contributed by atoms with E-state index in [1.165, 1.54) is 5.57 Å². The summed E-state index contributed by atoms with van der Waals surface area (Å²) in [6.45, 7) is 10.4. The van der Waals surface area contributed by atoms with Crippen LogP contribution < -0.4 is 26.6 Å². The lowest BCUT2D eigenvalue weighted by Crippen LogP contribution is -2.44. The molecule has 0 saturated heterocycles. The van der Waals surface area contributed by atoms with Gasteiger partial charge in [0, 0.05) is 29.6 Å². The molecule has 0 spiro atoms. The maximum absolute atomic E-state index is 12.2. The first-order chi connectivity index (χ1) is 14.1. The molecule has 0 radical (unpaired) electrons. The molecule has 164 valence electrons. The van der Waals surface area contributed by atoms with E-state index in [1.54, 1.807) is 7.11 Å². The first-order valence-corrected chi connectivity index (χ1v) is 10.4. The molecule has 1 aromatic rings. The minimum absolute atomic E-state index is 0.0144. The van der Waals surface area contributed by atoms with E-state index >= 15 is 0 Å². The molecule has 7 nitrogen and oxygen atoms in total. The van der Waals surface area contributed by atoms with Crippen LogP contribution in [-0.4, -0.2) is 31.4 Å². The monoisotopic (exact) mass is 414 g/mol. The van der Waals surface area contributed by atoms with E-state index in [9.17, 15) is 4.79 Å². The first-order valence-electron chi connectivity index (χ1n) is 10.4. The molecule has 30 heavy (non-hydrogen) atoms. The number of benzene rings is 1. The maximum Gasteiger partial charge on any atom is 0.407 e. The molecule has 0 aliphatic heterocycles. The van der Waals surface area contributed by atoms with Crippen molar-refractivity contribution in [2.75, 3.05) is 13.7 Å². The van der Waals surface area contributed by atoms with E-state index in [0.29, 0.717) is 12.5 Å². The molecular weight excluding hydrogens is 380 g/mol. The van der Waals surface area contributed by atoms with Crippen molar-refractivity contribution < 1.29 is 14.3 Å². The Bertz CT molecular complexity index is 858. The molecule has 4 atom stereocenters. The molecule has 1 saturated carbocycles. The normalized spacial score (nSPS) is 24.2. The fourth-order valence-corrected chi connectivity index (χ4v) is 4.26. The number of amides is 1. The Balaban J connectivity index is 1.74. The summed E-state index contributed by atoms with van der Waals surface area (Å²) in [5.74, 6) is 6.77. The highest BCUT2D eigenvalue weighted by atomic mass is 16.6. The summed E-state index contributed by atoms with van der Waals surface area (Å²) < 4.78 is 10.8. The third-order valence-corrected chi connectivity index (χ3v) is 6.07. The number of carbonyl (C=O) groups excluding carboxylic acids is 1. The van der Waals surface area contributed by atoms with Crippen LogP contribution in [0.5, 0.6) is 5.75 Å². The molecule has 1 fully saturated rings. The maximum atomic E-state index is 12.2. The molecule has 1 amide bonds. The third-order valence-electron chi connectivity index (χ3n) is 6.07. The second-order valence-corrected chi connectivity index (χ2v) is 9.20. The van der Waals surface area contributed by atoms with Gasteiger partial charge in [0.1, 0.15) is 11.4 Å². The minimum Gasteiger partial charge on any atom is -0.497 e. The van der Waals surface area contributed by atoms with E-state index in [4.69, 9.17) is 15.3 Å². The van der Waals surface area contributed by atoms with Gasteiger partial charge in [0.05, 0.1) is 13.2 Å². The topological polar surface area (TPSA) is 97.6 Å². The summed E-state index contributed by atoms with van der Waals surface area (Å²) >= 11 is 0. The largest absolute Gasteiger partial charge is 0.497 e. The number of nitrogens with two attached hydrogens (primary N) is 1. The lowest BCUT2D eigenvalue weighted by atomic mass is 9.92. The standard InChI is InChI=1S/C23H34N4O3/c1-14(23(5)17-10-11-18(27-24)20(17)23)26-19(13-25-21(28)30-22(2,3)4)15-8-7-9-16(12-15)29-6/h7-12,14,19-20,26-27H,13,24H2,1-6H3,(H,25,28)/t14-,19?,20?,23-/m1/s1. The summed E-state index contributed by atoms with van der Waals surface area (Å²) in [7, 11) is 1.65. The number of hydrogen-bond acceptors (Lipinski definition) is 6. The van der Waals surface area contributed by atoms with Crippen molar-refractivity contribution in [2.45, 2.75) is 52.3 Å². The molecule has 0 bridgehead atoms. The van der Waals surface area contributed by atoms with Crippen molar-refractivity contribution in [1.29, 1.82) is 0 Å². The fourth-order valence-electron chi connectivity index (χ4n) is 4.26. The summed E-state index contributed by atoms with van der Waals surface area (Å²) in [6, 6.07) is 7.93. The highest BCUT2D eigenvalue weighted by Crippen LogP contribution is 2.65. The Morgan fingerprint density at radius 3 is 2.67 bits per heavy atom. The Morgan fingerprint density at radius 2 is 2.03 bits per heavy atom. The second kappa shape index (κ2) is 8.32. The number of nitrogens with one attached hydrogen (secondary N) is 3. The zero-order valence-electron chi connectivity index (χ0n) is 18.7. The number of hydrogen-bond donors (Lipinski definition) is 4. The summed E-state index contributed by atoms with van der Waals surface area (Å²) in [4.78, 5) is 12.2. The molecule has 2 aliphatic carbocycles. The summed E-state index contributed by atoms with van der Waals surface area (Å²) in [5.41, 5.74) is 5.72. The number of hydrazine groups is 1. The lowest BCUT2D eigenvalue weighted by molar-refractivity contribution is 0.0521. The van der Waals surface area contributed by atoms with Gasteiger partial charge in [0.15, 0.2) is 0 Å². The zero-order valence-corrected chi connectivity index (χ0v) is 18.7. The van der Waals surface area contributed by atoms with Crippen molar-refractivity contribution in [2.24, 2.45) is 17.2 Å². The van der Waals surface area contributed by atoms with Crippen LogP contribution in [0.1, 0.15) is 46.2 Å². The van der Waals surface area contributed by atoms with E-state index in [-0.39, 0.29) is 17.5 Å². The second-order valence-electron chi connectivity index (χ2n) is 9.20. The van der Waals surface area contributed by atoms with Gasteiger partial charge in [-0.2, -0.15) is 0 Å². The van der Waals surface area contributed by atoms with Crippen molar-refractivity contribution in [1.82, 2.24) is 16.1 Å². The fraction of sp³-hybridized carbons (Fsp3) is 0.522. The quantitative estimate of drug-likeness (QED) is 0.385. The lowest BCUT2D eigenvalue weighted by Gasteiger charge is -2.30. The van der Waals surface area contributed by atoms with Crippen molar-refractivity contribution in [3.63, 3.8) is 0 Å². The Labute approximate surface area is 179 Å². The number of rotatable bonds is 8. The predicted molar refractivity (Wildman–Crippen MR) is 118 cm³/mol. The predicted octanol–water partition coefficient (Wildman–Crippen LogP) is 3.16. The van der Waals surface area contributed by atoms with Crippen LogP contribution in [0.2, 0.25) is 0 Å². The van der Waals surface area contributed by atoms with E-state index < -0.39 is 11.7 Å². The highest BCUT2D eigenvalue weighted by molar-refractivity contribution is 5.67. The first kappa shape index (κ1) is 22.2. The molecule has 5 N–H and O–H groups in total. The van der Waals surface area contributed by atoms with Gasteiger partial charge in [0.25, 0.3) is 0 Å². The van der Waals surface area contributed by atoms with Gasteiger partial charge in [-0.05, 0) is 51.5 Å². The van der Waals surface area contributed by atoms with Crippen LogP contribution in [0, 0.1) is 11.3 Å². The number of carbonyl (C=O) groups is 1. The summed E-state index contributed by atoms with van der Waals surface area (Å²) in [5, 5.41) is 6.62. The number of ether oxygens (including phenoxy) is 2. The third kappa shape index (κ3) is 4.47. The van der Waals surface area contributed by atoms with Crippen LogP contribution in [0.3, 0.4) is 0 Å². The molecule has 2 unspecified atom stereocenters. The Kier molecular flexibility index (Phi) is 6.15. The number of allylic oxidation sites excluding steroid dienone is 3. The van der Waals surface area contributed by atoms with Crippen molar-refractivity contribution in [3.8, 4) is 5.75 Å². The summed E-state index contributed by atoms with van der Waals surface area (Å²) in [6.07, 6.45) is 3.76. The van der Waals surface area contributed by atoms with Gasteiger partial charge in [0.2, 0.25) is 0 Å². The van der Waals surface area contributed by atoms with E-state index in [0.717, 1.165) is 17.0 Å². The molecule has 1 aromatic carbocycles. The van der Waals surface area contributed by atoms with Crippen molar-refractivity contribution in [3.05, 3.63) is 53.3 Å². The number of methoxy groups -OCH3 is 1. The molecular formula is C23H34N4O3. The number of alkyl carbamates (subject to hydrolysis) is 1. The van der Waals surface area contributed by atoms with Gasteiger partial charge >= 0.3 is 6.09 Å². The number of fused-ring (bicyclic) bond motifs is 1. The van der Waals surface area contributed by atoms with Crippen LogP contribution in [0.4, 0.5) is 4.79 Å². The van der Waals surface area contributed by atoms with Gasteiger partial charge in [-0.15, -0.1) is 0 Å². The SMILES string of the molecule is COc1cccc(C(CNC(=O)OC(C)(C)C)N[C@H](C)[C@]2(C)C3=CC=C(NN)C32)c1. The Morgan fingerprint density at radius 1 is 1.30 bits per heavy atom. The van der Waals surface area contributed by atoms with E-state index in [2.05, 4.69) is 36.0 Å². The highest BCUT2D eigenvalue weighted by Gasteiger charge is 2.62. The van der Waals surface area contributed by atoms with Gasteiger partial charge in [-0.3, -0.25) is 5.84 Å². The smallest absolute Gasteiger partial charge is 0.407 e. The molecule has 3 rings (SSSR count). The van der Waals surface area contributed by atoms with Crippen molar-refractivity contribution >= 4 is 6.09 Å². The zero-order chi connectivity index (χ0) is 22.1. The van der Waals surface area contributed by atoms with Gasteiger partial charge in [-0.25, -0.2) is 4.79 Å². The van der Waals surface area contributed by atoms with Gasteiger partial charge < -0.3 is 25.5 Å². The molecule has 0 aromatic heterocycles. The van der Waals surface area contributed by atoms with Gasteiger partial charge in [-0.1, -0.05) is 30.7 Å². The average Bonchev–Trinajstić information content (AvgIpc) is 3.07.